The van der Waals surface area contributed by atoms with Gasteiger partial charge in [-0.25, -0.2) is 19.6 Å². The van der Waals surface area contributed by atoms with Crippen LogP contribution in [0.1, 0.15) is 88.4 Å². The molecule has 7 rings (SSSR count). The summed E-state index contributed by atoms with van der Waals surface area (Å²) in [4.78, 5) is 68.0. The number of aromatic amines is 2. The standard InChI is InChI=1S/C37H44N8O6.C10H8O6S2/c1-22(2)30(42-36(48)49)34(46)45-19-9-13-29(45)33-39-21-27(41-33)25-16-14-24(15-17-25)10-6-7-11-26-20-38-32(40-26)28-12-8-18-44(28)35(47)31(23(3)4)43-37(50)51-5;11-17(12,13)9-5-1-3-7-8(9)4-2-6-10(7)18(14,15)16/h14-17,20-23,28-31,42H,8-9,12-13,18-19H2,1-5H3,(H,38,40)(H,39,41)(H,43,50)(H,48,49);1-6H,(H,11,12,13)(H,14,15,16)/t28-,29-,30-,31-;/m0./s1. The first kappa shape index (κ1) is 51.2. The molecule has 0 saturated carbocycles. The Morgan fingerprint density at radius 1 is 0.710 bits per heavy atom. The molecule has 2 aliphatic rings. The van der Waals surface area contributed by atoms with E-state index in [4.69, 9.17) is 13.8 Å². The Morgan fingerprint density at radius 3 is 1.70 bits per heavy atom. The van der Waals surface area contributed by atoms with Crippen LogP contribution in [0.15, 0.2) is 82.8 Å². The summed E-state index contributed by atoms with van der Waals surface area (Å²) in [6.07, 6.45) is 4.60. The first-order chi connectivity index (χ1) is 32.7. The predicted molar refractivity (Wildman–Crippen MR) is 251 cm³/mol. The monoisotopic (exact) mass is 984 g/mol. The van der Waals surface area contributed by atoms with E-state index in [2.05, 4.69) is 54.3 Å². The van der Waals surface area contributed by atoms with Gasteiger partial charge in [0, 0.05) is 29.4 Å². The summed E-state index contributed by atoms with van der Waals surface area (Å²) in [5.41, 5.74) is 3.05. The number of carbonyl (C=O) groups is 4. The molecule has 3 aromatic carbocycles. The Labute approximate surface area is 399 Å². The summed E-state index contributed by atoms with van der Waals surface area (Å²) in [5.74, 6) is 12.3. The summed E-state index contributed by atoms with van der Waals surface area (Å²) >= 11 is 0. The highest BCUT2D eigenvalue weighted by molar-refractivity contribution is 7.86. The second kappa shape index (κ2) is 21.8. The molecule has 0 radical (unpaired) electrons. The van der Waals surface area contributed by atoms with Crippen LogP contribution in [0, 0.1) is 35.5 Å². The Kier molecular flexibility index (Phi) is 16.2. The third-order valence-corrected chi connectivity index (χ3v) is 13.4. The average Bonchev–Trinajstić information content (AvgIpc) is 4.15. The van der Waals surface area contributed by atoms with Gasteiger partial charge >= 0.3 is 12.2 Å². The molecule has 0 aliphatic carbocycles. The van der Waals surface area contributed by atoms with E-state index in [0.717, 1.165) is 54.6 Å². The van der Waals surface area contributed by atoms with Crippen molar-refractivity contribution in [2.45, 2.75) is 87.3 Å². The number of methoxy groups -OCH3 is 1. The number of H-pyrrole nitrogens is 2. The van der Waals surface area contributed by atoms with Crippen molar-refractivity contribution in [1.29, 1.82) is 0 Å². The van der Waals surface area contributed by atoms with E-state index in [0.29, 0.717) is 30.4 Å². The van der Waals surface area contributed by atoms with Crippen molar-refractivity contribution in [2.24, 2.45) is 11.8 Å². The Bertz CT molecular complexity index is 3000. The van der Waals surface area contributed by atoms with Crippen molar-refractivity contribution in [1.82, 2.24) is 40.4 Å². The first-order valence-corrected chi connectivity index (χ1v) is 24.7. The lowest BCUT2D eigenvalue weighted by atomic mass is 10.0. The Morgan fingerprint density at radius 2 is 1.20 bits per heavy atom. The molecular weight excluding hydrogens is 933 g/mol. The zero-order chi connectivity index (χ0) is 50.2. The van der Waals surface area contributed by atoms with Crippen molar-refractivity contribution in [3.05, 3.63) is 96.0 Å². The maximum Gasteiger partial charge on any atom is 0.407 e. The van der Waals surface area contributed by atoms with Gasteiger partial charge in [0.2, 0.25) is 11.8 Å². The van der Waals surface area contributed by atoms with Gasteiger partial charge in [0.15, 0.2) is 0 Å². The van der Waals surface area contributed by atoms with Crippen LogP contribution >= 0.6 is 0 Å². The molecule has 4 heterocycles. The number of carboxylic acid groups (broad SMARTS) is 1. The number of hydrogen-bond donors (Lipinski definition) is 7. The summed E-state index contributed by atoms with van der Waals surface area (Å²) in [6, 6.07) is 13.1. The molecular formula is C47H52N8O12S2. The number of aromatic nitrogens is 4. The van der Waals surface area contributed by atoms with E-state index >= 15 is 0 Å². The summed E-state index contributed by atoms with van der Waals surface area (Å²) in [6.45, 7) is 8.49. The van der Waals surface area contributed by atoms with Gasteiger partial charge in [-0.2, -0.15) is 16.8 Å². The van der Waals surface area contributed by atoms with Crippen LogP contribution in [-0.4, -0.2) is 117 Å². The quantitative estimate of drug-likeness (QED) is 0.0632. The Hall–Kier alpha value is -7.24. The van der Waals surface area contributed by atoms with Gasteiger partial charge < -0.3 is 40.2 Å². The van der Waals surface area contributed by atoms with Crippen molar-refractivity contribution in [2.75, 3.05) is 20.2 Å². The number of amides is 4. The molecule has 2 fully saturated rings. The highest BCUT2D eigenvalue weighted by atomic mass is 32.2. The number of benzene rings is 3. The van der Waals surface area contributed by atoms with E-state index in [1.54, 1.807) is 22.2 Å². The maximum atomic E-state index is 13.4. The van der Waals surface area contributed by atoms with Gasteiger partial charge in [0.1, 0.15) is 39.2 Å². The van der Waals surface area contributed by atoms with Crippen molar-refractivity contribution >= 4 is 55.0 Å². The molecule has 0 spiro atoms. The van der Waals surface area contributed by atoms with Crippen molar-refractivity contribution in [3.8, 4) is 34.9 Å². The molecule has 2 aromatic heterocycles. The van der Waals surface area contributed by atoms with Crippen LogP contribution < -0.4 is 10.6 Å². The van der Waals surface area contributed by atoms with Crippen molar-refractivity contribution < 1.29 is 55.0 Å². The highest BCUT2D eigenvalue weighted by Gasteiger charge is 2.39. The minimum atomic E-state index is -4.47. The lowest BCUT2D eigenvalue weighted by molar-refractivity contribution is -0.136. The number of nitrogens with one attached hydrogen (secondary N) is 4. The van der Waals surface area contributed by atoms with Gasteiger partial charge in [0.25, 0.3) is 20.2 Å². The van der Waals surface area contributed by atoms with E-state index in [1.165, 1.54) is 31.4 Å². The summed E-state index contributed by atoms with van der Waals surface area (Å²) in [5, 5.41) is 14.3. The smallest absolute Gasteiger partial charge is 0.407 e. The number of nitrogens with zero attached hydrogens (tertiary/aromatic N) is 4. The molecule has 5 aromatic rings. The fourth-order valence-electron chi connectivity index (χ4n) is 8.19. The van der Waals surface area contributed by atoms with Crippen molar-refractivity contribution in [3.63, 3.8) is 0 Å². The zero-order valence-electron chi connectivity index (χ0n) is 38.3. The molecule has 69 heavy (non-hydrogen) atoms. The molecule has 4 atom stereocenters. The van der Waals surface area contributed by atoms with Crippen LogP contribution in [0.4, 0.5) is 9.59 Å². The number of ether oxygens (including phenoxy) is 1. The number of alkyl carbamates (subject to hydrolysis) is 1. The number of rotatable bonds is 11. The fraction of sp³-hybridized carbons (Fsp3) is 0.362. The number of fused-ring (bicyclic) bond motifs is 1. The third-order valence-electron chi connectivity index (χ3n) is 11.6. The second-order valence-electron chi connectivity index (χ2n) is 16.9. The lowest BCUT2D eigenvalue weighted by Crippen LogP contribution is -2.51. The van der Waals surface area contributed by atoms with Gasteiger partial charge in [-0.3, -0.25) is 18.7 Å². The van der Waals surface area contributed by atoms with Crippen LogP contribution in [0.5, 0.6) is 0 Å². The van der Waals surface area contributed by atoms with Crippen LogP contribution in [0.25, 0.3) is 22.0 Å². The average molecular weight is 985 g/mol. The van der Waals surface area contributed by atoms with E-state index in [9.17, 15) is 41.1 Å². The van der Waals surface area contributed by atoms with Crippen LogP contribution in [0.3, 0.4) is 0 Å². The zero-order valence-corrected chi connectivity index (χ0v) is 39.9. The minimum Gasteiger partial charge on any atom is -0.465 e. The highest BCUT2D eigenvalue weighted by Crippen LogP contribution is 2.34. The number of likely N-dealkylation sites (tertiary alicyclic amines) is 2. The van der Waals surface area contributed by atoms with Crippen LogP contribution in [-0.2, 0) is 34.6 Å². The van der Waals surface area contributed by atoms with Gasteiger partial charge in [-0.05, 0) is 85.1 Å². The van der Waals surface area contributed by atoms with E-state index in [1.807, 2.05) is 52.0 Å². The predicted octanol–water partition coefficient (Wildman–Crippen LogP) is 5.54. The molecule has 22 heteroatoms. The second-order valence-corrected chi connectivity index (χ2v) is 19.7. The van der Waals surface area contributed by atoms with Gasteiger partial charge in [-0.15, -0.1) is 0 Å². The summed E-state index contributed by atoms with van der Waals surface area (Å²) < 4.78 is 67.4. The Balaban J connectivity index is 0.000000362. The minimum absolute atomic E-state index is 0.0233. The molecule has 0 bridgehead atoms. The maximum absolute atomic E-state index is 13.4. The number of imidazole rings is 2. The third kappa shape index (κ3) is 12.5. The van der Waals surface area contributed by atoms with E-state index in [-0.39, 0.29) is 46.5 Å². The largest absolute Gasteiger partial charge is 0.465 e. The fourth-order valence-corrected chi connectivity index (χ4v) is 9.61. The molecule has 364 valence electrons. The molecule has 4 amide bonds. The van der Waals surface area contributed by atoms with Gasteiger partial charge in [0.05, 0.1) is 37.3 Å². The normalized spacial score (nSPS) is 16.7. The number of carbonyl (C=O) groups excluding carboxylic acids is 3. The molecule has 0 unspecified atom stereocenters. The SMILES string of the molecule is COC(=O)N[C@H](C(=O)N1CCC[C@H]1c1ncc(C#CC#Cc2ccc(-c3cnc([C@@H]4CCCN4C(=O)[C@@H](NC(=O)O)C(C)C)[nH]3)cc2)[nH]1)C(C)C.O=S(=O)(O)c1cccc2c(S(=O)(=O)O)cccc12. The van der Waals surface area contributed by atoms with E-state index < -0.39 is 54.3 Å². The molecule has 2 saturated heterocycles. The van der Waals surface area contributed by atoms with Gasteiger partial charge in [-0.1, -0.05) is 70.0 Å². The molecule has 7 N–H and O–H groups in total. The summed E-state index contributed by atoms with van der Waals surface area (Å²) in [7, 11) is -7.67. The topological polar surface area (TPSA) is 294 Å². The number of hydrogen-bond acceptors (Lipinski definition) is 11. The first-order valence-electron chi connectivity index (χ1n) is 21.8. The van der Waals surface area contributed by atoms with Crippen LogP contribution in [0.2, 0.25) is 0 Å². The molecule has 2 aliphatic heterocycles. The lowest BCUT2D eigenvalue weighted by Gasteiger charge is -2.29. The molecule has 20 nitrogen and oxygen atoms in total.